The summed E-state index contributed by atoms with van der Waals surface area (Å²) in [5, 5.41) is 10.1. The van der Waals surface area contributed by atoms with E-state index in [9.17, 15) is 4.79 Å². The van der Waals surface area contributed by atoms with Crippen molar-refractivity contribution in [2.75, 3.05) is 0 Å². The molecule has 0 saturated carbocycles. The van der Waals surface area contributed by atoms with E-state index in [4.69, 9.17) is 5.11 Å². The Hall–Kier alpha value is -1.77. The van der Waals surface area contributed by atoms with Crippen LogP contribution in [0.4, 0.5) is 0 Å². The SMILES string of the molecule is CC(C)c1cccc2c(C(C)C(=O)O)c[nH]c12. The number of aliphatic carboxylic acids is 1. The first-order valence-electron chi connectivity index (χ1n) is 5.85. The zero-order chi connectivity index (χ0) is 12.6. The number of hydrogen-bond acceptors (Lipinski definition) is 1. The van der Waals surface area contributed by atoms with Crippen LogP contribution in [0.1, 0.15) is 43.7 Å². The Kier molecular flexibility index (Phi) is 2.92. The number of carbonyl (C=O) groups is 1. The molecule has 2 N–H and O–H groups in total. The number of hydrogen-bond donors (Lipinski definition) is 2. The highest BCUT2D eigenvalue weighted by molar-refractivity contribution is 5.91. The minimum Gasteiger partial charge on any atom is -0.481 e. The molecule has 0 fully saturated rings. The van der Waals surface area contributed by atoms with Gasteiger partial charge in [0.1, 0.15) is 0 Å². The van der Waals surface area contributed by atoms with Crippen LogP contribution in [-0.4, -0.2) is 16.1 Å². The van der Waals surface area contributed by atoms with E-state index < -0.39 is 11.9 Å². The molecule has 1 atom stereocenters. The molecule has 0 bridgehead atoms. The maximum Gasteiger partial charge on any atom is 0.310 e. The fraction of sp³-hybridized carbons (Fsp3) is 0.357. The Morgan fingerprint density at radius 3 is 2.53 bits per heavy atom. The van der Waals surface area contributed by atoms with Gasteiger partial charge in [-0.2, -0.15) is 0 Å². The lowest BCUT2D eigenvalue weighted by Gasteiger charge is -2.08. The molecule has 1 unspecified atom stereocenters. The van der Waals surface area contributed by atoms with E-state index in [1.165, 1.54) is 5.56 Å². The minimum absolute atomic E-state index is 0.422. The second kappa shape index (κ2) is 4.24. The number of nitrogens with one attached hydrogen (secondary N) is 1. The van der Waals surface area contributed by atoms with Crippen molar-refractivity contribution in [3.8, 4) is 0 Å². The van der Waals surface area contributed by atoms with Crippen LogP contribution in [0, 0.1) is 0 Å². The second-order valence-corrected chi connectivity index (χ2v) is 4.73. The molecule has 0 aliphatic heterocycles. The molecule has 0 aliphatic rings. The average molecular weight is 231 g/mol. The predicted molar refractivity (Wildman–Crippen MR) is 68.4 cm³/mol. The lowest BCUT2D eigenvalue weighted by molar-refractivity contribution is -0.138. The first-order chi connectivity index (χ1) is 8.02. The molecule has 0 spiro atoms. The summed E-state index contributed by atoms with van der Waals surface area (Å²) in [7, 11) is 0. The van der Waals surface area contributed by atoms with Crippen molar-refractivity contribution >= 4 is 16.9 Å². The summed E-state index contributed by atoms with van der Waals surface area (Å²) in [4.78, 5) is 14.3. The van der Waals surface area contributed by atoms with Gasteiger partial charge in [-0.25, -0.2) is 0 Å². The maximum atomic E-state index is 11.0. The zero-order valence-electron chi connectivity index (χ0n) is 10.3. The number of para-hydroxylation sites is 1. The normalized spacial score (nSPS) is 13.2. The highest BCUT2D eigenvalue weighted by Gasteiger charge is 2.18. The molecule has 2 rings (SSSR count). The molecular formula is C14H17NO2. The summed E-state index contributed by atoms with van der Waals surface area (Å²) in [6.07, 6.45) is 1.81. The molecule has 1 aromatic carbocycles. The summed E-state index contributed by atoms with van der Waals surface area (Å²) in [5.41, 5.74) is 3.15. The Morgan fingerprint density at radius 1 is 1.24 bits per heavy atom. The van der Waals surface area contributed by atoms with E-state index in [0.717, 1.165) is 16.5 Å². The van der Waals surface area contributed by atoms with Crippen LogP contribution < -0.4 is 0 Å². The summed E-state index contributed by atoms with van der Waals surface area (Å²) in [6, 6.07) is 6.05. The van der Waals surface area contributed by atoms with Crippen LogP contribution in [0.2, 0.25) is 0 Å². The first kappa shape index (κ1) is 11.7. The highest BCUT2D eigenvalue weighted by atomic mass is 16.4. The van der Waals surface area contributed by atoms with Gasteiger partial charge >= 0.3 is 5.97 Å². The zero-order valence-corrected chi connectivity index (χ0v) is 10.3. The number of benzene rings is 1. The summed E-state index contributed by atoms with van der Waals surface area (Å²) in [5.74, 6) is -0.850. The van der Waals surface area contributed by atoms with Gasteiger partial charge in [-0.3, -0.25) is 4.79 Å². The number of fused-ring (bicyclic) bond motifs is 1. The topological polar surface area (TPSA) is 53.1 Å². The molecule has 0 amide bonds. The van der Waals surface area contributed by atoms with Crippen molar-refractivity contribution in [1.29, 1.82) is 0 Å². The van der Waals surface area contributed by atoms with Crippen molar-refractivity contribution in [3.05, 3.63) is 35.5 Å². The largest absolute Gasteiger partial charge is 0.481 e. The van der Waals surface area contributed by atoms with Gasteiger partial charge in [0, 0.05) is 17.1 Å². The number of H-pyrrole nitrogens is 1. The van der Waals surface area contributed by atoms with Gasteiger partial charge in [0.15, 0.2) is 0 Å². The smallest absolute Gasteiger partial charge is 0.310 e. The predicted octanol–water partition coefficient (Wildman–Crippen LogP) is 3.48. The molecule has 2 aromatic rings. The van der Waals surface area contributed by atoms with Crippen LogP contribution >= 0.6 is 0 Å². The average Bonchev–Trinajstić information content (AvgIpc) is 2.70. The summed E-state index contributed by atoms with van der Waals surface area (Å²) in [6.45, 7) is 5.98. The molecule has 0 radical (unpaired) electrons. The molecule has 0 aliphatic carbocycles. The fourth-order valence-corrected chi connectivity index (χ4v) is 2.17. The van der Waals surface area contributed by atoms with Gasteiger partial charge in [0.2, 0.25) is 0 Å². The number of rotatable bonds is 3. The van der Waals surface area contributed by atoms with Gasteiger partial charge in [0.25, 0.3) is 0 Å². The van der Waals surface area contributed by atoms with E-state index in [-0.39, 0.29) is 0 Å². The lowest BCUT2D eigenvalue weighted by Crippen LogP contribution is -2.06. The Bertz CT molecular complexity index is 554. The second-order valence-electron chi connectivity index (χ2n) is 4.73. The van der Waals surface area contributed by atoms with Gasteiger partial charge < -0.3 is 10.1 Å². The van der Waals surface area contributed by atoms with Gasteiger partial charge in [-0.15, -0.1) is 0 Å². The minimum atomic E-state index is -0.791. The van der Waals surface area contributed by atoms with E-state index in [0.29, 0.717) is 5.92 Å². The van der Waals surface area contributed by atoms with E-state index in [2.05, 4.69) is 24.9 Å². The van der Waals surface area contributed by atoms with Gasteiger partial charge in [0.05, 0.1) is 5.92 Å². The van der Waals surface area contributed by atoms with Crippen molar-refractivity contribution in [2.24, 2.45) is 0 Å². The molecule has 0 saturated heterocycles. The Labute approximate surface area is 100 Å². The molecular weight excluding hydrogens is 214 g/mol. The number of aromatic amines is 1. The number of aromatic nitrogens is 1. The first-order valence-corrected chi connectivity index (χ1v) is 5.85. The van der Waals surface area contributed by atoms with Crippen LogP contribution in [0.3, 0.4) is 0 Å². The van der Waals surface area contributed by atoms with Crippen molar-refractivity contribution in [3.63, 3.8) is 0 Å². The van der Waals surface area contributed by atoms with E-state index >= 15 is 0 Å². The maximum absolute atomic E-state index is 11.0. The fourth-order valence-electron chi connectivity index (χ4n) is 2.17. The van der Waals surface area contributed by atoms with Gasteiger partial charge in [-0.1, -0.05) is 32.0 Å². The lowest BCUT2D eigenvalue weighted by atomic mass is 9.96. The molecule has 90 valence electrons. The molecule has 17 heavy (non-hydrogen) atoms. The number of carboxylic acid groups (broad SMARTS) is 1. The standard InChI is InChI=1S/C14H17NO2/c1-8(2)10-5-4-6-11-12(7-15-13(10)11)9(3)14(16)17/h4-9,15H,1-3H3,(H,16,17). The molecule has 1 aromatic heterocycles. The Morgan fingerprint density at radius 2 is 1.94 bits per heavy atom. The quantitative estimate of drug-likeness (QED) is 0.849. The van der Waals surface area contributed by atoms with Crippen LogP contribution in [0.15, 0.2) is 24.4 Å². The number of carboxylic acids is 1. The third-order valence-corrected chi connectivity index (χ3v) is 3.24. The van der Waals surface area contributed by atoms with E-state index in [1.807, 2.05) is 18.3 Å². The van der Waals surface area contributed by atoms with Gasteiger partial charge in [-0.05, 0) is 24.0 Å². The summed E-state index contributed by atoms with van der Waals surface area (Å²) >= 11 is 0. The van der Waals surface area contributed by atoms with Crippen molar-refractivity contribution < 1.29 is 9.90 Å². The van der Waals surface area contributed by atoms with Crippen molar-refractivity contribution in [1.82, 2.24) is 4.98 Å². The van der Waals surface area contributed by atoms with Crippen molar-refractivity contribution in [2.45, 2.75) is 32.6 Å². The highest BCUT2D eigenvalue weighted by Crippen LogP contribution is 2.30. The third kappa shape index (κ3) is 1.93. The van der Waals surface area contributed by atoms with Crippen LogP contribution in [0.25, 0.3) is 10.9 Å². The monoisotopic (exact) mass is 231 g/mol. The Balaban J connectivity index is 2.62. The van der Waals surface area contributed by atoms with Crippen LogP contribution in [0.5, 0.6) is 0 Å². The summed E-state index contributed by atoms with van der Waals surface area (Å²) < 4.78 is 0. The molecule has 1 heterocycles. The molecule has 3 heteroatoms. The van der Waals surface area contributed by atoms with Crippen LogP contribution in [-0.2, 0) is 4.79 Å². The molecule has 3 nitrogen and oxygen atoms in total. The van der Waals surface area contributed by atoms with E-state index in [1.54, 1.807) is 6.92 Å². The third-order valence-electron chi connectivity index (χ3n) is 3.24.